The number of amides is 1. The lowest BCUT2D eigenvalue weighted by Crippen LogP contribution is -2.39. The van der Waals surface area contributed by atoms with Gasteiger partial charge in [0.1, 0.15) is 0 Å². The Morgan fingerprint density at radius 3 is 2.45 bits per heavy atom. The maximum atomic E-state index is 10.7. The van der Waals surface area contributed by atoms with Gasteiger partial charge < -0.3 is 15.9 Å². The molecule has 3 atom stereocenters. The van der Waals surface area contributed by atoms with Crippen LogP contribution in [-0.2, 0) is 4.79 Å². The van der Waals surface area contributed by atoms with Gasteiger partial charge in [0.2, 0.25) is 5.91 Å². The molecule has 0 saturated heterocycles. The number of hydrogen-bond acceptors (Lipinski definition) is 3. The molecule has 0 radical (unpaired) electrons. The van der Waals surface area contributed by atoms with Gasteiger partial charge >= 0.3 is 0 Å². The van der Waals surface area contributed by atoms with E-state index in [4.69, 9.17) is 10.8 Å². The van der Waals surface area contributed by atoms with E-state index in [9.17, 15) is 9.90 Å². The average Bonchev–Trinajstić information content (AvgIpc) is 1.85. The number of hydrogen-bond donors (Lipinski definition) is 3. The first-order valence-electron chi connectivity index (χ1n) is 3.76. The monoisotopic (exact) mass is 159 g/mol. The molecule has 1 saturated carbocycles. The highest BCUT2D eigenvalue weighted by Crippen LogP contribution is 2.24. The van der Waals surface area contributed by atoms with Crippen molar-refractivity contribution in [3.8, 4) is 0 Å². The molecule has 1 fully saturated rings. The third kappa shape index (κ3) is 1.91. The third-order valence-corrected chi connectivity index (χ3v) is 2.15. The second-order valence-electron chi connectivity index (χ2n) is 3.04. The zero-order chi connectivity index (χ0) is 8.43. The summed E-state index contributed by atoms with van der Waals surface area (Å²) in [5.41, 5.74) is 5.02. The Bertz CT molecular complexity index is 160. The second kappa shape index (κ2) is 3.19. The van der Waals surface area contributed by atoms with E-state index in [1.807, 2.05) is 0 Å². The molecular formula is C7H13NO3. The minimum Gasteiger partial charge on any atom is -0.393 e. The largest absolute Gasteiger partial charge is 0.393 e. The van der Waals surface area contributed by atoms with E-state index >= 15 is 0 Å². The summed E-state index contributed by atoms with van der Waals surface area (Å²) in [4.78, 5) is 10.7. The van der Waals surface area contributed by atoms with Crippen molar-refractivity contribution in [2.75, 3.05) is 0 Å². The first kappa shape index (κ1) is 8.49. The predicted octanol–water partition coefficient (Wildman–Crippen LogP) is -1.01. The molecule has 1 aliphatic rings. The van der Waals surface area contributed by atoms with E-state index in [1.54, 1.807) is 0 Å². The number of nitrogens with two attached hydrogens (primary N) is 1. The Morgan fingerprint density at radius 2 is 2.00 bits per heavy atom. The van der Waals surface area contributed by atoms with E-state index in [-0.39, 0.29) is 6.42 Å². The molecule has 64 valence electrons. The van der Waals surface area contributed by atoms with Gasteiger partial charge in [0, 0.05) is 0 Å². The fraction of sp³-hybridized carbons (Fsp3) is 0.857. The van der Waals surface area contributed by atoms with E-state index < -0.39 is 24.0 Å². The lowest BCUT2D eigenvalue weighted by atomic mass is 9.84. The second-order valence-corrected chi connectivity index (χ2v) is 3.04. The highest BCUT2D eigenvalue weighted by atomic mass is 16.3. The molecule has 0 spiro atoms. The van der Waals surface area contributed by atoms with Gasteiger partial charge in [0.05, 0.1) is 18.1 Å². The molecule has 4 N–H and O–H groups in total. The number of rotatable bonds is 1. The zero-order valence-corrected chi connectivity index (χ0v) is 6.23. The molecule has 0 unspecified atom stereocenters. The number of carbonyl (C=O) groups excluding carboxylic acids is 1. The van der Waals surface area contributed by atoms with E-state index in [1.165, 1.54) is 0 Å². The molecular weight excluding hydrogens is 146 g/mol. The van der Waals surface area contributed by atoms with Crippen molar-refractivity contribution < 1.29 is 15.0 Å². The van der Waals surface area contributed by atoms with E-state index in [0.29, 0.717) is 12.8 Å². The van der Waals surface area contributed by atoms with Crippen molar-refractivity contribution >= 4 is 5.91 Å². The topological polar surface area (TPSA) is 83.6 Å². The first-order chi connectivity index (χ1) is 5.11. The van der Waals surface area contributed by atoms with Gasteiger partial charge in [-0.25, -0.2) is 0 Å². The highest BCUT2D eigenvalue weighted by molar-refractivity contribution is 5.77. The standard InChI is InChI=1S/C7H13NO3/c8-7(11)5-2-1-4(9)3-6(5)10/h4-6,9-10H,1-3H2,(H2,8,11)/t4-,5-,6+/m1/s1. The Labute approximate surface area is 65.0 Å². The van der Waals surface area contributed by atoms with Crippen LogP contribution in [0.1, 0.15) is 19.3 Å². The van der Waals surface area contributed by atoms with Crippen LogP contribution < -0.4 is 5.73 Å². The van der Waals surface area contributed by atoms with Crippen LogP contribution in [0.4, 0.5) is 0 Å². The quantitative estimate of drug-likeness (QED) is 0.458. The van der Waals surface area contributed by atoms with Crippen molar-refractivity contribution in [3.63, 3.8) is 0 Å². The number of aliphatic hydroxyl groups is 2. The van der Waals surface area contributed by atoms with Gasteiger partial charge in [-0.15, -0.1) is 0 Å². The van der Waals surface area contributed by atoms with Gasteiger partial charge in [-0.3, -0.25) is 4.79 Å². The van der Waals surface area contributed by atoms with E-state index in [0.717, 1.165) is 0 Å². The van der Waals surface area contributed by atoms with Gasteiger partial charge in [0.15, 0.2) is 0 Å². The summed E-state index contributed by atoms with van der Waals surface area (Å²) in [6, 6.07) is 0. The Kier molecular flexibility index (Phi) is 2.46. The number of carbonyl (C=O) groups is 1. The molecule has 0 aromatic carbocycles. The Hall–Kier alpha value is -0.610. The Morgan fingerprint density at radius 1 is 1.36 bits per heavy atom. The lowest BCUT2D eigenvalue weighted by Gasteiger charge is -2.28. The van der Waals surface area contributed by atoms with E-state index in [2.05, 4.69) is 0 Å². The third-order valence-electron chi connectivity index (χ3n) is 2.15. The van der Waals surface area contributed by atoms with Crippen molar-refractivity contribution in [2.45, 2.75) is 31.5 Å². The average molecular weight is 159 g/mol. The minimum absolute atomic E-state index is 0.271. The van der Waals surface area contributed by atoms with Crippen LogP contribution in [0.3, 0.4) is 0 Å². The highest BCUT2D eigenvalue weighted by Gasteiger charge is 2.31. The normalized spacial score (nSPS) is 38.5. The summed E-state index contributed by atoms with van der Waals surface area (Å²) in [6.45, 7) is 0. The minimum atomic E-state index is -0.753. The van der Waals surface area contributed by atoms with Crippen LogP contribution in [0, 0.1) is 5.92 Å². The predicted molar refractivity (Wildman–Crippen MR) is 38.5 cm³/mol. The van der Waals surface area contributed by atoms with Crippen LogP contribution in [-0.4, -0.2) is 28.3 Å². The van der Waals surface area contributed by atoms with Crippen LogP contribution in [0.15, 0.2) is 0 Å². The lowest BCUT2D eigenvalue weighted by molar-refractivity contribution is -0.128. The van der Waals surface area contributed by atoms with Crippen LogP contribution in [0.5, 0.6) is 0 Å². The molecule has 0 aliphatic heterocycles. The molecule has 11 heavy (non-hydrogen) atoms. The number of aliphatic hydroxyl groups excluding tert-OH is 2. The summed E-state index contributed by atoms with van der Waals surface area (Å²) in [7, 11) is 0. The van der Waals surface area contributed by atoms with Crippen molar-refractivity contribution in [1.29, 1.82) is 0 Å². The van der Waals surface area contributed by atoms with Crippen LogP contribution in [0.2, 0.25) is 0 Å². The maximum absolute atomic E-state index is 10.7. The molecule has 1 rings (SSSR count). The summed E-state index contributed by atoms with van der Waals surface area (Å²) >= 11 is 0. The Balaban J connectivity index is 2.50. The molecule has 0 aromatic heterocycles. The summed E-state index contributed by atoms with van der Waals surface area (Å²) in [5.74, 6) is -0.928. The molecule has 0 heterocycles. The van der Waals surface area contributed by atoms with Gasteiger partial charge in [0.25, 0.3) is 0 Å². The smallest absolute Gasteiger partial charge is 0.223 e. The van der Waals surface area contributed by atoms with Crippen molar-refractivity contribution in [2.24, 2.45) is 11.7 Å². The summed E-state index contributed by atoms with van der Waals surface area (Å²) in [6.07, 6.45) is 0.104. The van der Waals surface area contributed by atoms with Gasteiger partial charge in [-0.05, 0) is 19.3 Å². The molecule has 0 bridgehead atoms. The van der Waals surface area contributed by atoms with Crippen molar-refractivity contribution in [3.05, 3.63) is 0 Å². The summed E-state index contributed by atoms with van der Waals surface area (Å²) in [5, 5.41) is 18.3. The van der Waals surface area contributed by atoms with Gasteiger partial charge in [-0.1, -0.05) is 0 Å². The fourth-order valence-corrected chi connectivity index (χ4v) is 1.46. The zero-order valence-electron chi connectivity index (χ0n) is 6.23. The SMILES string of the molecule is NC(=O)[C@@H]1CC[C@@H](O)C[C@@H]1O. The van der Waals surface area contributed by atoms with Crippen LogP contribution >= 0.6 is 0 Å². The molecule has 0 aromatic rings. The van der Waals surface area contributed by atoms with Crippen LogP contribution in [0.25, 0.3) is 0 Å². The first-order valence-corrected chi connectivity index (χ1v) is 3.76. The molecule has 4 heteroatoms. The van der Waals surface area contributed by atoms with Gasteiger partial charge in [-0.2, -0.15) is 0 Å². The number of primary amides is 1. The van der Waals surface area contributed by atoms with Crippen molar-refractivity contribution in [1.82, 2.24) is 0 Å². The molecule has 1 amide bonds. The maximum Gasteiger partial charge on any atom is 0.223 e. The molecule has 1 aliphatic carbocycles. The summed E-state index contributed by atoms with van der Waals surface area (Å²) < 4.78 is 0. The fourth-order valence-electron chi connectivity index (χ4n) is 1.46. The molecule has 4 nitrogen and oxygen atoms in total.